The van der Waals surface area contributed by atoms with Gasteiger partial charge >= 0.3 is 6.18 Å². The van der Waals surface area contributed by atoms with E-state index in [1.165, 1.54) is 12.3 Å². The van der Waals surface area contributed by atoms with E-state index in [0.717, 1.165) is 17.8 Å². The topological polar surface area (TPSA) is 71.3 Å². The molecule has 6 nitrogen and oxygen atoms in total. The van der Waals surface area contributed by atoms with Crippen LogP contribution in [-0.2, 0) is 25.7 Å². The average Bonchev–Trinajstić information content (AvgIpc) is 3.27. The fraction of sp³-hybridized carbons (Fsp3) is 0.400. The summed E-state index contributed by atoms with van der Waals surface area (Å²) in [6.45, 7) is 7.05. The van der Waals surface area contributed by atoms with E-state index in [-0.39, 0.29) is 36.7 Å². The second-order valence-corrected chi connectivity index (χ2v) is 8.54. The molecule has 2 heterocycles. The van der Waals surface area contributed by atoms with Gasteiger partial charge in [-0.2, -0.15) is 13.2 Å². The molecule has 34 heavy (non-hydrogen) atoms. The van der Waals surface area contributed by atoms with Gasteiger partial charge in [0.05, 0.1) is 12.1 Å². The predicted molar refractivity (Wildman–Crippen MR) is 122 cm³/mol. The lowest BCUT2D eigenvalue weighted by Crippen LogP contribution is -2.36. The van der Waals surface area contributed by atoms with Gasteiger partial charge in [0.15, 0.2) is 5.69 Å². The number of benzene rings is 1. The molecule has 0 saturated carbocycles. The zero-order valence-corrected chi connectivity index (χ0v) is 19.5. The minimum atomic E-state index is -4.40. The molecule has 2 aromatic heterocycles. The molecule has 3 rings (SSSR count). The molecule has 9 heteroatoms. The van der Waals surface area contributed by atoms with E-state index in [4.69, 9.17) is 4.42 Å². The minimum Gasteiger partial charge on any atom is -0.447 e. The summed E-state index contributed by atoms with van der Waals surface area (Å²) in [7, 11) is 0. The van der Waals surface area contributed by atoms with Crippen molar-refractivity contribution in [1.29, 1.82) is 0 Å². The van der Waals surface area contributed by atoms with Crippen molar-refractivity contribution in [3.63, 3.8) is 0 Å². The number of amides is 1. The van der Waals surface area contributed by atoms with Crippen LogP contribution in [-0.4, -0.2) is 33.4 Å². The van der Waals surface area contributed by atoms with Crippen LogP contribution in [0.1, 0.15) is 54.0 Å². The largest absolute Gasteiger partial charge is 0.447 e. The number of carbonyl (C=O) groups is 1. The fourth-order valence-electron chi connectivity index (χ4n) is 3.45. The zero-order chi connectivity index (χ0) is 24.7. The summed E-state index contributed by atoms with van der Waals surface area (Å²) in [5, 5.41) is 2.79. The van der Waals surface area contributed by atoms with Crippen molar-refractivity contribution in [3.05, 3.63) is 83.3 Å². The number of hydrogen-bond donors (Lipinski definition) is 1. The molecular formula is C25H29F3N4O2. The third kappa shape index (κ3) is 7.15. The molecule has 1 amide bonds. The van der Waals surface area contributed by atoms with E-state index in [2.05, 4.69) is 15.3 Å². The molecule has 0 aliphatic carbocycles. The number of nitrogens with one attached hydrogen (secondary N) is 1. The van der Waals surface area contributed by atoms with Gasteiger partial charge in [-0.15, -0.1) is 0 Å². The Morgan fingerprint density at radius 1 is 1.12 bits per heavy atom. The van der Waals surface area contributed by atoms with E-state index in [1.807, 2.05) is 43.9 Å². The van der Waals surface area contributed by atoms with Crippen molar-refractivity contribution in [2.24, 2.45) is 5.92 Å². The highest BCUT2D eigenvalue weighted by Crippen LogP contribution is 2.30. The van der Waals surface area contributed by atoms with Crippen LogP contribution in [0.3, 0.4) is 0 Å². The predicted octanol–water partition coefficient (Wildman–Crippen LogP) is 5.11. The Bertz CT molecular complexity index is 1070. The van der Waals surface area contributed by atoms with Crippen LogP contribution in [0.4, 0.5) is 13.2 Å². The van der Waals surface area contributed by atoms with Crippen molar-refractivity contribution < 1.29 is 22.4 Å². The highest BCUT2D eigenvalue weighted by atomic mass is 19.4. The molecule has 1 aromatic carbocycles. The second kappa shape index (κ2) is 11.3. The lowest BCUT2D eigenvalue weighted by atomic mass is 10.0. The Morgan fingerprint density at radius 3 is 2.59 bits per heavy atom. The first-order valence-corrected chi connectivity index (χ1v) is 11.2. The second-order valence-electron chi connectivity index (χ2n) is 8.54. The van der Waals surface area contributed by atoms with E-state index >= 15 is 0 Å². The van der Waals surface area contributed by atoms with E-state index < -0.39 is 11.7 Å². The maximum atomic E-state index is 13.1. The molecule has 0 unspecified atom stereocenters. The molecule has 0 aliphatic rings. The first-order valence-electron chi connectivity index (χ1n) is 11.2. The van der Waals surface area contributed by atoms with E-state index in [1.54, 1.807) is 12.3 Å². The molecule has 0 saturated heterocycles. The fourth-order valence-corrected chi connectivity index (χ4v) is 3.45. The van der Waals surface area contributed by atoms with Gasteiger partial charge in [0.1, 0.15) is 6.26 Å². The summed E-state index contributed by atoms with van der Waals surface area (Å²) in [5.41, 5.74) is 0.896. The van der Waals surface area contributed by atoms with Crippen molar-refractivity contribution in [2.45, 2.75) is 52.5 Å². The summed E-state index contributed by atoms with van der Waals surface area (Å²) >= 11 is 0. The van der Waals surface area contributed by atoms with Gasteiger partial charge in [0.2, 0.25) is 5.89 Å². The number of aromatic nitrogens is 2. The Labute approximate surface area is 197 Å². The Morgan fingerprint density at radius 2 is 1.91 bits per heavy atom. The van der Waals surface area contributed by atoms with E-state index in [9.17, 15) is 18.0 Å². The third-order valence-electron chi connectivity index (χ3n) is 5.70. The van der Waals surface area contributed by atoms with Crippen LogP contribution in [0, 0.1) is 5.92 Å². The summed E-state index contributed by atoms with van der Waals surface area (Å²) < 4.78 is 44.9. The van der Waals surface area contributed by atoms with Crippen molar-refractivity contribution >= 4 is 5.91 Å². The number of halogens is 3. The number of alkyl halides is 3. The van der Waals surface area contributed by atoms with Gasteiger partial charge in [-0.1, -0.05) is 38.1 Å². The van der Waals surface area contributed by atoms with Gasteiger partial charge in [-0.3, -0.25) is 14.7 Å². The quantitative estimate of drug-likeness (QED) is 0.442. The number of carbonyl (C=O) groups excluding carboxylic acids is 1. The van der Waals surface area contributed by atoms with Crippen molar-refractivity contribution in [2.75, 3.05) is 6.54 Å². The van der Waals surface area contributed by atoms with Crippen LogP contribution >= 0.6 is 0 Å². The molecular weight excluding hydrogens is 445 g/mol. The Balaban J connectivity index is 1.65. The summed E-state index contributed by atoms with van der Waals surface area (Å²) in [6.07, 6.45) is -0.807. The number of pyridine rings is 1. The first kappa shape index (κ1) is 25.4. The highest BCUT2D eigenvalue weighted by Gasteiger charge is 2.30. The number of hydrogen-bond acceptors (Lipinski definition) is 5. The van der Waals surface area contributed by atoms with E-state index in [0.29, 0.717) is 24.4 Å². The molecule has 0 fully saturated rings. The molecule has 0 spiro atoms. The average molecular weight is 475 g/mol. The maximum Gasteiger partial charge on any atom is 0.416 e. The summed E-state index contributed by atoms with van der Waals surface area (Å²) in [5.74, 6) is 0.219. The van der Waals surface area contributed by atoms with Gasteiger partial charge in [0, 0.05) is 37.4 Å². The lowest BCUT2D eigenvalue weighted by molar-refractivity contribution is -0.137. The standard InChI is InChI=1S/C25H29F3N4O2/c1-17(2)18(3)32(14-19-7-6-8-20(13-19)25(26,27)28)15-23-31-22(16-34-23)24(33)30-12-10-21-9-4-5-11-29-21/h4-9,11,13,16-18H,10,12,14-15H2,1-3H3,(H,30,33)/t18-/m1/s1. The van der Waals surface area contributed by atoms with Crippen LogP contribution in [0.2, 0.25) is 0 Å². The van der Waals surface area contributed by atoms with Gasteiger partial charge in [0.25, 0.3) is 5.91 Å². The zero-order valence-electron chi connectivity index (χ0n) is 19.5. The third-order valence-corrected chi connectivity index (χ3v) is 5.70. The van der Waals surface area contributed by atoms with Crippen molar-refractivity contribution in [1.82, 2.24) is 20.2 Å². The molecule has 3 aromatic rings. The summed E-state index contributed by atoms with van der Waals surface area (Å²) in [6, 6.07) is 10.9. The summed E-state index contributed by atoms with van der Waals surface area (Å²) in [4.78, 5) is 22.9. The van der Waals surface area contributed by atoms with Gasteiger partial charge in [-0.25, -0.2) is 4.98 Å². The molecule has 182 valence electrons. The Kier molecular flexibility index (Phi) is 8.44. The van der Waals surface area contributed by atoms with Crippen LogP contribution < -0.4 is 5.32 Å². The minimum absolute atomic E-state index is 0.0390. The molecule has 0 aliphatic heterocycles. The number of rotatable bonds is 10. The van der Waals surface area contributed by atoms with Crippen molar-refractivity contribution in [3.8, 4) is 0 Å². The Hall–Kier alpha value is -3.20. The van der Waals surface area contributed by atoms with Gasteiger partial charge in [-0.05, 0) is 36.6 Å². The number of nitrogens with zero attached hydrogens (tertiary/aromatic N) is 3. The van der Waals surface area contributed by atoms with Crippen LogP contribution in [0.5, 0.6) is 0 Å². The monoisotopic (exact) mass is 474 g/mol. The smallest absolute Gasteiger partial charge is 0.416 e. The first-order chi connectivity index (χ1) is 16.1. The molecule has 1 atom stereocenters. The molecule has 0 radical (unpaired) electrons. The molecule has 1 N–H and O–H groups in total. The normalized spacial score (nSPS) is 12.8. The number of oxazole rings is 1. The van der Waals surface area contributed by atoms with Gasteiger partial charge < -0.3 is 9.73 Å². The molecule has 0 bridgehead atoms. The van der Waals surface area contributed by atoms with Crippen LogP contribution in [0.15, 0.2) is 59.3 Å². The SMILES string of the molecule is CC(C)[C@@H](C)N(Cc1cccc(C(F)(F)F)c1)Cc1nc(C(=O)NCCc2ccccn2)co1. The van der Waals surface area contributed by atoms with Crippen LogP contribution in [0.25, 0.3) is 0 Å². The highest BCUT2D eigenvalue weighted by molar-refractivity contribution is 5.91. The maximum absolute atomic E-state index is 13.1. The lowest BCUT2D eigenvalue weighted by Gasteiger charge is -2.31.